The quantitative estimate of drug-likeness (QED) is 0.903. The fourth-order valence-corrected chi connectivity index (χ4v) is 3.03. The van der Waals surface area contributed by atoms with Crippen molar-refractivity contribution < 1.29 is 4.74 Å². The molecule has 0 amide bonds. The van der Waals surface area contributed by atoms with E-state index >= 15 is 0 Å². The van der Waals surface area contributed by atoms with Gasteiger partial charge in [-0.15, -0.1) is 0 Å². The van der Waals surface area contributed by atoms with Gasteiger partial charge < -0.3 is 10.1 Å². The molecular formula is C14H24ClN3O. The molecule has 1 aliphatic heterocycles. The summed E-state index contributed by atoms with van der Waals surface area (Å²) >= 11 is 6.35. The summed E-state index contributed by atoms with van der Waals surface area (Å²) in [5.74, 6) is 0. The van der Waals surface area contributed by atoms with E-state index in [1.807, 2.05) is 18.7 Å². The molecular weight excluding hydrogens is 262 g/mol. The fraction of sp³-hybridized carbons (Fsp3) is 0.786. The molecule has 108 valence electrons. The van der Waals surface area contributed by atoms with Crippen LogP contribution in [0.1, 0.15) is 37.6 Å². The molecule has 19 heavy (non-hydrogen) atoms. The molecule has 1 aliphatic rings. The van der Waals surface area contributed by atoms with E-state index in [2.05, 4.69) is 17.3 Å². The zero-order valence-electron chi connectivity index (χ0n) is 12.1. The molecule has 1 aromatic rings. The Morgan fingerprint density at radius 3 is 2.84 bits per heavy atom. The summed E-state index contributed by atoms with van der Waals surface area (Å²) in [5.41, 5.74) is 2.00. The molecule has 5 heteroatoms. The predicted molar refractivity (Wildman–Crippen MR) is 77.7 cm³/mol. The molecule has 1 fully saturated rings. The zero-order chi connectivity index (χ0) is 13.8. The standard InChI is InChI=1S/C14H24ClN3O/c1-4-16-11(13-7-5-6-8-19-13)9-12-14(15)10(2)17-18(12)3/h11,13,16H,4-9H2,1-3H3. The number of rotatable bonds is 5. The number of likely N-dealkylation sites (N-methyl/N-ethyl adjacent to an activating group) is 1. The van der Waals surface area contributed by atoms with E-state index < -0.39 is 0 Å². The number of hydrogen-bond donors (Lipinski definition) is 1. The minimum absolute atomic E-state index is 0.292. The predicted octanol–water partition coefficient (Wildman–Crippen LogP) is 2.47. The van der Waals surface area contributed by atoms with E-state index in [1.54, 1.807) is 0 Å². The van der Waals surface area contributed by atoms with E-state index in [9.17, 15) is 0 Å². The average Bonchev–Trinajstić information content (AvgIpc) is 2.65. The van der Waals surface area contributed by atoms with Crippen molar-refractivity contribution >= 4 is 11.6 Å². The third-order valence-electron chi connectivity index (χ3n) is 3.80. The van der Waals surface area contributed by atoms with Crippen LogP contribution in [0.3, 0.4) is 0 Å². The second-order valence-electron chi connectivity index (χ2n) is 5.24. The second kappa shape index (κ2) is 6.73. The highest BCUT2D eigenvalue weighted by Gasteiger charge is 2.26. The van der Waals surface area contributed by atoms with Gasteiger partial charge in [0, 0.05) is 26.1 Å². The first-order chi connectivity index (χ1) is 9.13. The van der Waals surface area contributed by atoms with Crippen molar-refractivity contribution in [2.75, 3.05) is 13.2 Å². The SMILES string of the molecule is CCNC(Cc1c(Cl)c(C)nn1C)C1CCCCO1. The van der Waals surface area contributed by atoms with Crippen LogP contribution in [0.4, 0.5) is 0 Å². The van der Waals surface area contributed by atoms with Gasteiger partial charge in [0.05, 0.1) is 22.5 Å². The highest BCUT2D eigenvalue weighted by molar-refractivity contribution is 6.31. The summed E-state index contributed by atoms with van der Waals surface area (Å²) in [5, 5.41) is 8.72. The summed E-state index contributed by atoms with van der Waals surface area (Å²) in [6.45, 7) is 5.90. The van der Waals surface area contributed by atoms with Crippen LogP contribution in [0.15, 0.2) is 0 Å². The summed E-state index contributed by atoms with van der Waals surface area (Å²) in [4.78, 5) is 0. The van der Waals surface area contributed by atoms with E-state index in [4.69, 9.17) is 16.3 Å². The maximum absolute atomic E-state index is 6.35. The maximum Gasteiger partial charge on any atom is 0.0847 e. The molecule has 0 aromatic carbocycles. The number of ether oxygens (including phenoxy) is 1. The van der Waals surface area contributed by atoms with Gasteiger partial charge in [0.25, 0.3) is 0 Å². The molecule has 2 unspecified atom stereocenters. The van der Waals surface area contributed by atoms with Gasteiger partial charge >= 0.3 is 0 Å². The Balaban J connectivity index is 2.11. The van der Waals surface area contributed by atoms with Crippen LogP contribution in [-0.4, -0.2) is 35.1 Å². The first kappa shape index (κ1) is 14.8. The summed E-state index contributed by atoms with van der Waals surface area (Å²) in [6.07, 6.45) is 4.73. The molecule has 0 radical (unpaired) electrons. The smallest absolute Gasteiger partial charge is 0.0847 e. The van der Waals surface area contributed by atoms with Crippen molar-refractivity contribution in [2.24, 2.45) is 7.05 Å². The molecule has 0 spiro atoms. The number of hydrogen-bond acceptors (Lipinski definition) is 3. The third-order valence-corrected chi connectivity index (χ3v) is 4.30. The van der Waals surface area contributed by atoms with Gasteiger partial charge in [-0.25, -0.2) is 0 Å². The van der Waals surface area contributed by atoms with Gasteiger partial charge in [-0.1, -0.05) is 18.5 Å². The van der Waals surface area contributed by atoms with Crippen molar-refractivity contribution in [3.05, 3.63) is 16.4 Å². The van der Waals surface area contributed by atoms with E-state index in [0.29, 0.717) is 12.1 Å². The van der Waals surface area contributed by atoms with Gasteiger partial charge in [-0.05, 0) is 32.7 Å². The lowest BCUT2D eigenvalue weighted by Gasteiger charge is -2.31. The van der Waals surface area contributed by atoms with E-state index in [1.165, 1.54) is 12.8 Å². The minimum atomic E-state index is 0.292. The molecule has 4 nitrogen and oxygen atoms in total. The molecule has 2 rings (SSSR count). The lowest BCUT2D eigenvalue weighted by molar-refractivity contribution is -0.00742. The van der Waals surface area contributed by atoms with Crippen LogP contribution >= 0.6 is 11.6 Å². The van der Waals surface area contributed by atoms with Crippen molar-refractivity contribution in [1.29, 1.82) is 0 Å². The van der Waals surface area contributed by atoms with Crippen LogP contribution < -0.4 is 5.32 Å². The zero-order valence-corrected chi connectivity index (χ0v) is 12.8. The fourth-order valence-electron chi connectivity index (χ4n) is 2.79. The molecule has 2 heterocycles. The first-order valence-electron chi connectivity index (χ1n) is 7.16. The maximum atomic E-state index is 6.35. The summed E-state index contributed by atoms with van der Waals surface area (Å²) < 4.78 is 7.81. The van der Waals surface area contributed by atoms with Crippen molar-refractivity contribution in [3.63, 3.8) is 0 Å². The monoisotopic (exact) mass is 285 g/mol. The lowest BCUT2D eigenvalue weighted by Crippen LogP contribution is -2.44. The van der Waals surface area contributed by atoms with E-state index in [-0.39, 0.29) is 0 Å². The van der Waals surface area contributed by atoms with Gasteiger partial charge in [0.2, 0.25) is 0 Å². The van der Waals surface area contributed by atoms with Crippen LogP contribution in [-0.2, 0) is 18.2 Å². The van der Waals surface area contributed by atoms with Gasteiger partial charge in [0.1, 0.15) is 0 Å². The van der Waals surface area contributed by atoms with Gasteiger partial charge in [-0.2, -0.15) is 5.10 Å². The Hall–Kier alpha value is -0.580. The average molecular weight is 286 g/mol. The van der Waals surface area contributed by atoms with Crippen LogP contribution in [0, 0.1) is 6.92 Å². The molecule has 2 atom stereocenters. The number of aryl methyl sites for hydroxylation is 2. The molecule has 1 aromatic heterocycles. The Kier molecular flexibility index (Phi) is 5.25. The largest absolute Gasteiger partial charge is 0.377 e. The highest BCUT2D eigenvalue weighted by Crippen LogP contribution is 2.24. The Morgan fingerprint density at radius 2 is 2.32 bits per heavy atom. The van der Waals surface area contributed by atoms with Gasteiger partial charge in [-0.3, -0.25) is 4.68 Å². The number of halogens is 1. The molecule has 1 N–H and O–H groups in total. The lowest BCUT2D eigenvalue weighted by atomic mass is 9.98. The van der Waals surface area contributed by atoms with Crippen LogP contribution in [0.25, 0.3) is 0 Å². The molecule has 0 bridgehead atoms. The third kappa shape index (κ3) is 3.50. The number of aromatic nitrogens is 2. The Labute approximate surface area is 120 Å². The molecule has 0 saturated carbocycles. The van der Waals surface area contributed by atoms with Crippen molar-refractivity contribution in [2.45, 2.75) is 51.7 Å². The molecule has 0 aliphatic carbocycles. The normalized spacial score (nSPS) is 21.6. The summed E-state index contributed by atoms with van der Waals surface area (Å²) in [7, 11) is 1.96. The van der Waals surface area contributed by atoms with Crippen molar-refractivity contribution in [3.8, 4) is 0 Å². The Morgan fingerprint density at radius 1 is 1.53 bits per heavy atom. The summed E-state index contributed by atoms with van der Waals surface area (Å²) in [6, 6.07) is 0.317. The highest BCUT2D eigenvalue weighted by atomic mass is 35.5. The number of nitrogens with one attached hydrogen (secondary N) is 1. The minimum Gasteiger partial charge on any atom is -0.377 e. The van der Waals surface area contributed by atoms with Crippen LogP contribution in [0.2, 0.25) is 5.02 Å². The Bertz CT molecular complexity index is 413. The van der Waals surface area contributed by atoms with Crippen molar-refractivity contribution in [1.82, 2.24) is 15.1 Å². The second-order valence-corrected chi connectivity index (χ2v) is 5.62. The number of nitrogens with zero attached hydrogens (tertiary/aromatic N) is 2. The van der Waals surface area contributed by atoms with E-state index in [0.717, 1.165) is 42.4 Å². The van der Waals surface area contributed by atoms with Crippen LogP contribution in [0.5, 0.6) is 0 Å². The molecule has 1 saturated heterocycles. The first-order valence-corrected chi connectivity index (χ1v) is 7.54. The topological polar surface area (TPSA) is 39.1 Å². The van der Waals surface area contributed by atoms with Gasteiger partial charge in [0.15, 0.2) is 0 Å².